The van der Waals surface area contributed by atoms with E-state index in [1.165, 1.54) is 0 Å². The lowest BCUT2D eigenvalue weighted by Crippen LogP contribution is -2.31. The van der Waals surface area contributed by atoms with E-state index in [1.807, 2.05) is 25.1 Å². The zero-order valence-electron chi connectivity index (χ0n) is 10.1. The van der Waals surface area contributed by atoms with Crippen LogP contribution >= 0.6 is 12.2 Å². The molecule has 2 rings (SSSR count). The number of hydrogen-bond donors (Lipinski definition) is 2. The topological polar surface area (TPSA) is 54.9 Å². The van der Waals surface area contributed by atoms with Crippen molar-refractivity contribution in [1.29, 1.82) is 0 Å². The van der Waals surface area contributed by atoms with Crippen molar-refractivity contribution in [3.05, 3.63) is 23.8 Å². The van der Waals surface area contributed by atoms with E-state index in [0.717, 1.165) is 23.6 Å². The molecule has 0 amide bonds. The summed E-state index contributed by atoms with van der Waals surface area (Å²) in [6.45, 7) is 3.92. The molecule has 2 N–H and O–H groups in total. The van der Waals surface area contributed by atoms with Gasteiger partial charge in [-0.3, -0.25) is 5.43 Å². The lowest BCUT2D eigenvalue weighted by atomic mass is 10.2. The normalized spacial score (nSPS) is 13.4. The van der Waals surface area contributed by atoms with Crippen molar-refractivity contribution < 1.29 is 9.47 Å². The second-order valence-electron chi connectivity index (χ2n) is 3.63. The van der Waals surface area contributed by atoms with E-state index in [0.29, 0.717) is 18.3 Å². The summed E-state index contributed by atoms with van der Waals surface area (Å²) in [4.78, 5) is 0. The number of nitrogens with one attached hydrogen (secondary N) is 2. The summed E-state index contributed by atoms with van der Waals surface area (Å²) in [7, 11) is 0. The first kappa shape index (κ1) is 12.6. The van der Waals surface area contributed by atoms with Crippen molar-refractivity contribution in [3.63, 3.8) is 0 Å². The molecule has 0 spiro atoms. The number of nitrogens with zero attached hydrogens (tertiary/aromatic N) is 1. The van der Waals surface area contributed by atoms with Crippen LogP contribution in [-0.2, 0) is 0 Å². The Morgan fingerprint density at radius 3 is 2.94 bits per heavy atom. The summed E-state index contributed by atoms with van der Waals surface area (Å²) in [5, 5.41) is 7.48. The average molecular weight is 265 g/mol. The van der Waals surface area contributed by atoms with Gasteiger partial charge < -0.3 is 14.8 Å². The summed E-state index contributed by atoms with van der Waals surface area (Å²) in [5.74, 6) is 1.52. The second kappa shape index (κ2) is 6.20. The Morgan fingerprint density at radius 2 is 2.17 bits per heavy atom. The molecule has 0 saturated heterocycles. The monoisotopic (exact) mass is 265 g/mol. The molecule has 0 fully saturated rings. The third-order valence-corrected chi connectivity index (χ3v) is 2.52. The molecule has 1 aliphatic heterocycles. The number of fused-ring (bicyclic) bond motifs is 1. The molecule has 0 aliphatic carbocycles. The third kappa shape index (κ3) is 3.33. The minimum Gasteiger partial charge on any atom is -0.486 e. The number of thiocarbonyl (C=S) groups is 1. The summed E-state index contributed by atoms with van der Waals surface area (Å²) in [6, 6.07) is 5.67. The largest absolute Gasteiger partial charge is 0.486 e. The van der Waals surface area contributed by atoms with Crippen LogP contribution in [0, 0.1) is 0 Å². The molecular formula is C12H15N3O2S. The zero-order chi connectivity index (χ0) is 12.8. The first-order valence-corrected chi connectivity index (χ1v) is 6.17. The lowest BCUT2D eigenvalue weighted by Gasteiger charge is -2.18. The van der Waals surface area contributed by atoms with Crippen molar-refractivity contribution in [3.8, 4) is 11.5 Å². The minimum atomic E-state index is 0.506. The molecule has 0 bridgehead atoms. The van der Waals surface area contributed by atoms with Crippen LogP contribution in [0.2, 0.25) is 0 Å². The lowest BCUT2D eigenvalue weighted by molar-refractivity contribution is 0.171. The van der Waals surface area contributed by atoms with Gasteiger partial charge in [-0.1, -0.05) is 0 Å². The predicted octanol–water partition coefficient (Wildman–Crippen LogP) is 1.28. The molecule has 0 atom stereocenters. The summed E-state index contributed by atoms with van der Waals surface area (Å²) < 4.78 is 10.9. The van der Waals surface area contributed by atoms with Gasteiger partial charge in [0.15, 0.2) is 16.6 Å². The molecule has 6 heteroatoms. The van der Waals surface area contributed by atoms with E-state index in [4.69, 9.17) is 21.7 Å². The molecule has 0 saturated carbocycles. The summed E-state index contributed by atoms with van der Waals surface area (Å²) in [5.41, 5.74) is 3.65. The van der Waals surface area contributed by atoms with E-state index in [2.05, 4.69) is 15.8 Å². The van der Waals surface area contributed by atoms with Gasteiger partial charge in [-0.05, 0) is 42.9 Å². The Labute approximate surface area is 111 Å². The van der Waals surface area contributed by atoms with Crippen LogP contribution in [0.15, 0.2) is 23.3 Å². The van der Waals surface area contributed by atoms with Gasteiger partial charge in [0.2, 0.25) is 0 Å². The number of hydrogen-bond acceptors (Lipinski definition) is 4. The fourth-order valence-electron chi connectivity index (χ4n) is 1.51. The van der Waals surface area contributed by atoms with Gasteiger partial charge in [-0.15, -0.1) is 0 Å². The first-order valence-electron chi connectivity index (χ1n) is 5.76. The van der Waals surface area contributed by atoms with E-state index in [9.17, 15) is 0 Å². The Hall–Kier alpha value is -1.82. The van der Waals surface area contributed by atoms with E-state index in [1.54, 1.807) is 6.21 Å². The molecule has 5 nitrogen and oxygen atoms in total. The number of hydrazone groups is 1. The quantitative estimate of drug-likeness (QED) is 0.490. The van der Waals surface area contributed by atoms with Crippen LogP contribution in [0.25, 0.3) is 0 Å². The number of rotatable bonds is 3. The molecule has 1 aromatic carbocycles. The van der Waals surface area contributed by atoms with E-state index in [-0.39, 0.29) is 0 Å². The molecule has 1 aliphatic rings. The smallest absolute Gasteiger partial charge is 0.186 e. The van der Waals surface area contributed by atoms with Crippen molar-refractivity contribution in [2.45, 2.75) is 6.92 Å². The molecular weight excluding hydrogens is 250 g/mol. The first-order chi connectivity index (χ1) is 8.79. The maximum absolute atomic E-state index is 5.48. The van der Waals surface area contributed by atoms with Gasteiger partial charge in [-0.25, -0.2) is 0 Å². The maximum Gasteiger partial charge on any atom is 0.186 e. The molecule has 1 heterocycles. The highest BCUT2D eigenvalue weighted by molar-refractivity contribution is 7.80. The molecule has 0 radical (unpaired) electrons. The Balaban J connectivity index is 1.97. The average Bonchev–Trinajstić information content (AvgIpc) is 2.39. The molecule has 96 valence electrons. The van der Waals surface area contributed by atoms with Crippen LogP contribution < -0.4 is 20.2 Å². The minimum absolute atomic E-state index is 0.506. The second-order valence-corrected chi connectivity index (χ2v) is 4.04. The molecule has 0 unspecified atom stereocenters. The van der Waals surface area contributed by atoms with Gasteiger partial charge in [0, 0.05) is 6.54 Å². The van der Waals surface area contributed by atoms with Crippen molar-refractivity contribution >= 4 is 23.5 Å². The Morgan fingerprint density at radius 1 is 1.39 bits per heavy atom. The van der Waals surface area contributed by atoms with Gasteiger partial charge in [0.05, 0.1) is 6.21 Å². The van der Waals surface area contributed by atoms with Crippen molar-refractivity contribution in [2.75, 3.05) is 19.8 Å². The van der Waals surface area contributed by atoms with Crippen LogP contribution in [0.1, 0.15) is 12.5 Å². The van der Waals surface area contributed by atoms with Gasteiger partial charge in [-0.2, -0.15) is 5.10 Å². The highest BCUT2D eigenvalue weighted by Crippen LogP contribution is 2.30. The van der Waals surface area contributed by atoms with Gasteiger partial charge in [0.1, 0.15) is 13.2 Å². The predicted molar refractivity (Wildman–Crippen MR) is 74.4 cm³/mol. The standard InChI is InChI=1S/C12H15N3O2S/c1-2-13-12(18)15-14-8-9-3-4-10-11(7-9)17-6-5-16-10/h3-4,7-8H,2,5-6H2,1H3,(H2,13,15,18)/b14-8-. The van der Waals surface area contributed by atoms with E-state index < -0.39 is 0 Å². The SMILES string of the molecule is CCNC(=S)N/N=C\c1ccc2c(c1)OCCO2. The fourth-order valence-corrected chi connectivity index (χ4v) is 1.70. The maximum atomic E-state index is 5.48. The van der Waals surface area contributed by atoms with Gasteiger partial charge >= 0.3 is 0 Å². The van der Waals surface area contributed by atoms with E-state index >= 15 is 0 Å². The molecule has 0 aromatic heterocycles. The van der Waals surface area contributed by atoms with Crippen LogP contribution in [0.3, 0.4) is 0 Å². The van der Waals surface area contributed by atoms with Crippen LogP contribution in [-0.4, -0.2) is 31.1 Å². The third-order valence-electron chi connectivity index (χ3n) is 2.28. The van der Waals surface area contributed by atoms with Crippen LogP contribution in [0.4, 0.5) is 0 Å². The van der Waals surface area contributed by atoms with Crippen molar-refractivity contribution in [1.82, 2.24) is 10.7 Å². The summed E-state index contributed by atoms with van der Waals surface area (Å²) >= 11 is 4.99. The highest BCUT2D eigenvalue weighted by Gasteiger charge is 2.10. The fraction of sp³-hybridized carbons (Fsp3) is 0.333. The molecule has 1 aromatic rings. The molecule has 18 heavy (non-hydrogen) atoms. The van der Waals surface area contributed by atoms with Crippen LogP contribution in [0.5, 0.6) is 11.5 Å². The Bertz CT molecular complexity index is 463. The highest BCUT2D eigenvalue weighted by atomic mass is 32.1. The van der Waals surface area contributed by atoms with Crippen molar-refractivity contribution in [2.24, 2.45) is 5.10 Å². The van der Waals surface area contributed by atoms with Gasteiger partial charge in [0.25, 0.3) is 0 Å². The number of benzene rings is 1. The number of ether oxygens (including phenoxy) is 2. The summed E-state index contributed by atoms with van der Waals surface area (Å²) in [6.07, 6.45) is 1.68. The zero-order valence-corrected chi connectivity index (χ0v) is 10.9. The Kier molecular flexibility index (Phi) is 4.35.